The number of aromatic amines is 1. The number of hydrogen-bond acceptors (Lipinski definition) is 3. The van der Waals surface area contributed by atoms with Crippen LogP contribution in [0.3, 0.4) is 0 Å². The van der Waals surface area contributed by atoms with Crippen LogP contribution in [0.4, 0.5) is 5.82 Å². The molecule has 0 aliphatic carbocycles. The third-order valence-electron chi connectivity index (χ3n) is 2.58. The standard InChI is InChI=1S/C10H17N3O/c1-4-7(5-2)9-12-8(11)6(3)10(14)13-9/h7H,4-5H2,1-3H3,(H3,11,12,13,14). The molecule has 0 fully saturated rings. The molecule has 14 heavy (non-hydrogen) atoms. The lowest BCUT2D eigenvalue weighted by molar-refractivity contribution is 0.599. The monoisotopic (exact) mass is 195 g/mol. The summed E-state index contributed by atoms with van der Waals surface area (Å²) in [5.41, 5.74) is 6.01. The van der Waals surface area contributed by atoms with Gasteiger partial charge < -0.3 is 10.7 Å². The number of nitrogens with one attached hydrogen (secondary N) is 1. The average Bonchev–Trinajstić information content (AvgIpc) is 2.16. The summed E-state index contributed by atoms with van der Waals surface area (Å²) in [5.74, 6) is 1.35. The Morgan fingerprint density at radius 1 is 1.43 bits per heavy atom. The number of nitrogens with two attached hydrogens (primary N) is 1. The molecule has 3 N–H and O–H groups in total. The van der Waals surface area contributed by atoms with Gasteiger partial charge in [-0.3, -0.25) is 4.79 Å². The molecule has 4 heteroatoms. The van der Waals surface area contributed by atoms with E-state index in [1.165, 1.54) is 0 Å². The van der Waals surface area contributed by atoms with Gasteiger partial charge >= 0.3 is 0 Å². The van der Waals surface area contributed by atoms with Crippen LogP contribution in [0, 0.1) is 6.92 Å². The van der Waals surface area contributed by atoms with E-state index >= 15 is 0 Å². The van der Waals surface area contributed by atoms with E-state index < -0.39 is 0 Å². The number of aromatic nitrogens is 2. The van der Waals surface area contributed by atoms with Crippen molar-refractivity contribution >= 4 is 5.82 Å². The molecule has 0 atom stereocenters. The van der Waals surface area contributed by atoms with Gasteiger partial charge in [-0.15, -0.1) is 0 Å². The van der Waals surface area contributed by atoms with Crippen molar-refractivity contribution in [3.63, 3.8) is 0 Å². The highest BCUT2D eigenvalue weighted by Crippen LogP contribution is 2.19. The zero-order valence-corrected chi connectivity index (χ0v) is 8.92. The van der Waals surface area contributed by atoms with Crippen LogP contribution in [0.2, 0.25) is 0 Å². The molecule has 0 saturated carbocycles. The lowest BCUT2D eigenvalue weighted by Gasteiger charge is -2.12. The summed E-state index contributed by atoms with van der Waals surface area (Å²) in [6.07, 6.45) is 1.92. The molecular weight excluding hydrogens is 178 g/mol. The summed E-state index contributed by atoms with van der Waals surface area (Å²) in [6, 6.07) is 0. The maximum absolute atomic E-state index is 11.4. The van der Waals surface area contributed by atoms with Gasteiger partial charge in [-0.1, -0.05) is 13.8 Å². The summed E-state index contributed by atoms with van der Waals surface area (Å²) in [6.45, 7) is 5.83. The van der Waals surface area contributed by atoms with Gasteiger partial charge in [0.1, 0.15) is 11.6 Å². The quantitative estimate of drug-likeness (QED) is 0.768. The largest absolute Gasteiger partial charge is 0.383 e. The predicted molar refractivity (Wildman–Crippen MR) is 57.3 cm³/mol. The minimum Gasteiger partial charge on any atom is -0.383 e. The van der Waals surface area contributed by atoms with Gasteiger partial charge in [-0.05, 0) is 19.8 Å². The van der Waals surface area contributed by atoms with Crippen molar-refractivity contribution in [2.45, 2.75) is 39.5 Å². The fraction of sp³-hybridized carbons (Fsp3) is 0.600. The molecule has 0 radical (unpaired) electrons. The second-order valence-electron chi connectivity index (χ2n) is 3.47. The molecule has 0 spiro atoms. The van der Waals surface area contributed by atoms with E-state index in [4.69, 9.17) is 5.73 Å². The van der Waals surface area contributed by atoms with Crippen LogP contribution in [0.1, 0.15) is 44.0 Å². The fourth-order valence-corrected chi connectivity index (χ4v) is 1.44. The highest BCUT2D eigenvalue weighted by molar-refractivity contribution is 5.36. The summed E-state index contributed by atoms with van der Waals surface area (Å²) >= 11 is 0. The van der Waals surface area contributed by atoms with E-state index in [9.17, 15) is 4.79 Å². The Bertz CT molecular complexity index is 366. The normalized spacial score (nSPS) is 10.9. The van der Waals surface area contributed by atoms with Crippen molar-refractivity contribution in [1.82, 2.24) is 9.97 Å². The molecule has 0 saturated heterocycles. The van der Waals surface area contributed by atoms with Gasteiger partial charge in [0.25, 0.3) is 5.56 Å². The lowest BCUT2D eigenvalue weighted by atomic mass is 10.0. The number of hydrogen-bond donors (Lipinski definition) is 2. The second-order valence-corrected chi connectivity index (χ2v) is 3.47. The number of anilines is 1. The molecule has 0 unspecified atom stereocenters. The van der Waals surface area contributed by atoms with E-state index in [1.54, 1.807) is 6.92 Å². The Balaban J connectivity index is 3.18. The van der Waals surface area contributed by atoms with E-state index in [0.29, 0.717) is 23.1 Å². The van der Waals surface area contributed by atoms with Crippen molar-refractivity contribution in [1.29, 1.82) is 0 Å². The number of rotatable bonds is 3. The highest BCUT2D eigenvalue weighted by atomic mass is 16.1. The molecular formula is C10H17N3O. The van der Waals surface area contributed by atoms with Crippen molar-refractivity contribution in [2.24, 2.45) is 0 Å². The Morgan fingerprint density at radius 2 is 2.00 bits per heavy atom. The summed E-state index contributed by atoms with van der Waals surface area (Å²) < 4.78 is 0. The van der Waals surface area contributed by atoms with Crippen LogP contribution in [0.15, 0.2) is 4.79 Å². The summed E-state index contributed by atoms with van der Waals surface area (Å²) in [7, 11) is 0. The Labute approximate surface area is 83.6 Å². The molecule has 78 valence electrons. The first-order valence-electron chi connectivity index (χ1n) is 4.96. The molecule has 0 aromatic carbocycles. The van der Waals surface area contributed by atoms with Crippen LogP contribution < -0.4 is 11.3 Å². The third-order valence-corrected chi connectivity index (χ3v) is 2.58. The number of nitrogen functional groups attached to an aromatic ring is 1. The van der Waals surface area contributed by atoms with Gasteiger partial charge in [0.15, 0.2) is 0 Å². The van der Waals surface area contributed by atoms with E-state index in [2.05, 4.69) is 23.8 Å². The first kappa shape index (κ1) is 10.8. The molecule has 1 heterocycles. The molecule has 0 bridgehead atoms. The lowest BCUT2D eigenvalue weighted by Crippen LogP contribution is -2.19. The molecule has 1 aromatic rings. The van der Waals surface area contributed by atoms with Crippen molar-refractivity contribution in [3.8, 4) is 0 Å². The Morgan fingerprint density at radius 3 is 2.43 bits per heavy atom. The molecule has 0 amide bonds. The van der Waals surface area contributed by atoms with E-state index in [-0.39, 0.29) is 5.56 Å². The van der Waals surface area contributed by atoms with Gasteiger partial charge in [-0.25, -0.2) is 4.98 Å². The zero-order valence-electron chi connectivity index (χ0n) is 8.92. The SMILES string of the molecule is CCC(CC)c1nc(N)c(C)c(=O)[nH]1. The molecule has 1 aromatic heterocycles. The van der Waals surface area contributed by atoms with Gasteiger partial charge in [0.2, 0.25) is 0 Å². The van der Waals surface area contributed by atoms with E-state index in [0.717, 1.165) is 12.8 Å². The minimum atomic E-state index is -0.126. The van der Waals surface area contributed by atoms with Crippen LogP contribution in [0.5, 0.6) is 0 Å². The molecule has 4 nitrogen and oxygen atoms in total. The highest BCUT2D eigenvalue weighted by Gasteiger charge is 2.11. The van der Waals surface area contributed by atoms with Crippen LogP contribution in [-0.4, -0.2) is 9.97 Å². The van der Waals surface area contributed by atoms with E-state index in [1.807, 2.05) is 0 Å². The van der Waals surface area contributed by atoms with Crippen LogP contribution in [0.25, 0.3) is 0 Å². The average molecular weight is 195 g/mol. The van der Waals surface area contributed by atoms with Crippen LogP contribution in [-0.2, 0) is 0 Å². The maximum atomic E-state index is 11.4. The van der Waals surface area contributed by atoms with Crippen molar-refractivity contribution in [3.05, 3.63) is 21.7 Å². The zero-order chi connectivity index (χ0) is 10.7. The predicted octanol–water partition coefficient (Wildman–Crippen LogP) is 1.56. The molecule has 0 aliphatic heterocycles. The smallest absolute Gasteiger partial charge is 0.255 e. The van der Waals surface area contributed by atoms with Crippen molar-refractivity contribution < 1.29 is 0 Å². The Hall–Kier alpha value is -1.32. The number of nitrogens with zero attached hydrogens (tertiary/aromatic N) is 1. The maximum Gasteiger partial charge on any atom is 0.255 e. The number of H-pyrrole nitrogens is 1. The Kier molecular flexibility index (Phi) is 3.28. The van der Waals surface area contributed by atoms with Gasteiger partial charge in [-0.2, -0.15) is 0 Å². The fourth-order valence-electron chi connectivity index (χ4n) is 1.44. The van der Waals surface area contributed by atoms with Crippen molar-refractivity contribution in [2.75, 3.05) is 5.73 Å². The first-order chi connectivity index (χ1) is 6.60. The van der Waals surface area contributed by atoms with Gasteiger partial charge in [0.05, 0.1) is 5.56 Å². The first-order valence-corrected chi connectivity index (χ1v) is 4.96. The minimum absolute atomic E-state index is 0.126. The second kappa shape index (κ2) is 4.26. The molecule has 1 rings (SSSR count). The summed E-state index contributed by atoms with van der Waals surface area (Å²) in [5, 5.41) is 0. The third kappa shape index (κ3) is 1.95. The summed E-state index contributed by atoms with van der Waals surface area (Å²) in [4.78, 5) is 18.4. The molecule has 0 aliphatic rings. The van der Waals surface area contributed by atoms with Gasteiger partial charge in [0, 0.05) is 5.92 Å². The van der Waals surface area contributed by atoms with Crippen LogP contribution >= 0.6 is 0 Å². The topological polar surface area (TPSA) is 71.8 Å².